The first-order chi connectivity index (χ1) is 18.4. The topological polar surface area (TPSA) is 247 Å². The standard InChI is InChI=1S/C26H28ClF2N7O2.ClH.4H3N.4H2/c27-18-15-16(7-10-20(18)31-23(38)17-8-9-19(28)21(29)22(17)37)30-24-32-25(35-11-3-1-4-12-35)34-26(33-24)36-13-5-2-6-14-36;;;;;;;;;/h7-10,15,37H,1-6,11-14H2,(H,31,38)(H,30,32,33,34);1H;4*1H3;4*1H. The summed E-state index contributed by atoms with van der Waals surface area (Å²) in [6.45, 7) is 3.60. The molecule has 13 nitrogen and oxygen atoms in total. The predicted octanol–water partition coefficient (Wildman–Crippen LogP) is 7.54. The number of nitrogens with one attached hydrogen (secondary N) is 2. The van der Waals surface area contributed by atoms with Gasteiger partial charge in [0.2, 0.25) is 23.7 Å². The van der Waals surface area contributed by atoms with Gasteiger partial charge in [0.1, 0.15) is 0 Å². The number of benzene rings is 2. The van der Waals surface area contributed by atoms with Crippen LogP contribution in [0.3, 0.4) is 0 Å². The maximum Gasteiger partial charge on any atom is 0.259 e. The van der Waals surface area contributed by atoms with Gasteiger partial charge >= 0.3 is 0 Å². The number of rotatable bonds is 6. The third-order valence-electron chi connectivity index (χ3n) is 6.68. The van der Waals surface area contributed by atoms with E-state index in [0.717, 1.165) is 64.0 Å². The van der Waals surface area contributed by atoms with Gasteiger partial charge < -0.3 is 50.1 Å². The highest BCUT2D eigenvalue weighted by atomic mass is 35.5. The Kier molecular flexibility index (Phi) is 16.0. The van der Waals surface area contributed by atoms with Gasteiger partial charge in [-0.05, 0) is 68.9 Å². The number of aromatic hydroxyl groups is 1. The van der Waals surface area contributed by atoms with Crippen LogP contribution in [0.4, 0.5) is 38.0 Å². The predicted molar refractivity (Wildman–Crippen MR) is 178 cm³/mol. The first-order valence-corrected chi connectivity index (χ1v) is 13.1. The van der Waals surface area contributed by atoms with Crippen molar-refractivity contribution >= 4 is 59.1 Å². The molecule has 17 heteroatoms. The summed E-state index contributed by atoms with van der Waals surface area (Å²) in [4.78, 5) is 31.0. The summed E-state index contributed by atoms with van der Waals surface area (Å²) < 4.78 is 26.9. The van der Waals surface area contributed by atoms with Gasteiger partial charge in [-0.3, -0.25) is 4.79 Å². The van der Waals surface area contributed by atoms with E-state index in [1.807, 2.05) is 0 Å². The molecule has 2 saturated heterocycles. The lowest BCUT2D eigenvalue weighted by Crippen LogP contribution is -2.34. The first kappa shape index (κ1) is 39.4. The summed E-state index contributed by atoms with van der Waals surface area (Å²) in [5.41, 5.74) is 0.400. The molecule has 15 N–H and O–H groups in total. The van der Waals surface area contributed by atoms with E-state index in [1.165, 1.54) is 12.8 Å². The summed E-state index contributed by atoms with van der Waals surface area (Å²) in [6, 6.07) is 6.58. The van der Waals surface area contributed by atoms with E-state index in [4.69, 9.17) is 16.6 Å². The Bertz CT molecular complexity index is 1330. The van der Waals surface area contributed by atoms with E-state index < -0.39 is 28.9 Å². The van der Waals surface area contributed by atoms with Crippen LogP contribution in [0, 0.1) is 11.6 Å². The molecule has 248 valence electrons. The van der Waals surface area contributed by atoms with Crippen LogP contribution in [0.25, 0.3) is 0 Å². The van der Waals surface area contributed by atoms with Crippen LogP contribution in [0.15, 0.2) is 30.3 Å². The van der Waals surface area contributed by atoms with Gasteiger partial charge in [-0.25, -0.2) is 4.39 Å². The second-order valence-corrected chi connectivity index (χ2v) is 9.79. The first-order valence-electron chi connectivity index (χ1n) is 12.7. The Hall–Kier alpha value is -3.60. The van der Waals surface area contributed by atoms with Crippen molar-refractivity contribution in [3.8, 4) is 5.75 Å². The molecular formula is C26H49Cl2F2N11O2. The van der Waals surface area contributed by atoms with E-state index in [2.05, 4.69) is 30.4 Å². The highest BCUT2D eigenvalue weighted by molar-refractivity contribution is 6.34. The second-order valence-electron chi connectivity index (χ2n) is 9.39. The molecule has 0 spiro atoms. The van der Waals surface area contributed by atoms with Crippen molar-refractivity contribution in [1.29, 1.82) is 0 Å². The largest absolute Gasteiger partial charge is 0.504 e. The number of hydrogen-bond acceptors (Lipinski definition) is 12. The van der Waals surface area contributed by atoms with Crippen LogP contribution in [-0.4, -0.2) is 52.1 Å². The molecule has 1 aromatic heterocycles. The van der Waals surface area contributed by atoms with Crippen molar-refractivity contribution in [3.05, 3.63) is 52.6 Å². The minimum atomic E-state index is -1.49. The number of phenolic OH excluding ortho intramolecular Hbond substituents is 1. The Balaban J connectivity index is -0.000000653. The SMILES string of the molecule is Cl.N.N.N.N.O=C(Nc1ccc(Nc2nc(N3CCCCC3)nc(N3CCCCC3)n2)cc1Cl)c1ccc(F)c(F)c1O.[HH].[HH].[HH].[HH]. The molecule has 2 aliphatic rings. The van der Waals surface area contributed by atoms with Gasteiger partial charge in [0.05, 0.1) is 16.3 Å². The molecule has 0 unspecified atom stereocenters. The fraction of sp³-hybridized carbons (Fsp3) is 0.385. The molecule has 5 rings (SSSR count). The van der Waals surface area contributed by atoms with Gasteiger partial charge in [0.25, 0.3) is 5.91 Å². The van der Waals surface area contributed by atoms with Crippen molar-refractivity contribution in [2.24, 2.45) is 0 Å². The minimum absolute atomic E-state index is 0. The maximum atomic E-state index is 13.7. The number of carbonyl (C=O) groups is 1. The molecule has 0 aliphatic carbocycles. The normalized spacial score (nSPS) is 14.0. The van der Waals surface area contributed by atoms with Gasteiger partial charge in [0.15, 0.2) is 11.6 Å². The Labute approximate surface area is 266 Å². The number of aromatic nitrogens is 3. The van der Waals surface area contributed by atoms with Crippen LogP contribution < -0.4 is 45.0 Å². The van der Waals surface area contributed by atoms with E-state index in [0.29, 0.717) is 23.5 Å². The lowest BCUT2D eigenvalue weighted by molar-refractivity contribution is 0.102. The molecule has 1 amide bonds. The van der Waals surface area contributed by atoms with Crippen LogP contribution in [0.1, 0.15) is 54.6 Å². The van der Waals surface area contributed by atoms with Gasteiger partial charge in [0, 0.05) is 37.6 Å². The van der Waals surface area contributed by atoms with E-state index in [9.17, 15) is 18.7 Å². The fourth-order valence-corrected chi connectivity index (χ4v) is 4.84. The highest BCUT2D eigenvalue weighted by Crippen LogP contribution is 2.30. The average molecular weight is 657 g/mol. The fourth-order valence-electron chi connectivity index (χ4n) is 4.62. The monoisotopic (exact) mass is 655 g/mol. The number of hydrogen-bond donors (Lipinski definition) is 7. The van der Waals surface area contributed by atoms with Crippen LogP contribution in [-0.2, 0) is 0 Å². The van der Waals surface area contributed by atoms with Crippen molar-refractivity contribution in [2.45, 2.75) is 38.5 Å². The molecule has 0 bridgehead atoms. The highest BCUT2D eigenvalue weighted by Gasteiger charge is 2.21. The molecular weight excluding hydrogens is 607 g/mol. The number of amides is 1. The minimum Gasteiger partial charge on any atom is -0.504 e. The third-order valence-corrected chi connectivity index (χ3v) is 6.99. The summed E-state index contributed by atoms with van der Waals surface area (Å²) in [5, 5.41) is 15.7. The van der Waals surface area contributed by atoms with Crippen LogP contribution >= 0.6 is 24.0 Å². The zero-order valence-electron chi connectivity index (χ0n) is 23.9. The smallest absolute Gasteiger partial charge is 0.259 e. The second kappa shape index (κ2) is 17.5. The van der Waals surface area contributed by atoms with Gasteiger partial charge in [-0.2, -0.15) is 19.3 Å². The van der Waals surface area contributed by atoms with Crippen molar-refractivity contribution in [2.75, 3.05) is 46.6 Å². The molecule has 2 aliphatic heterocycles. The zero-order chi connectivity index (χ0) is 26.6. The molecule has 43 heavy (non-hydrogen) atoms. The Morgan fingerprint density at radius 3 is 1.88 bits per heavy atom. The Morgan fingerprint density at radius 2 is 1.37 bits per heavy atom. The summed E-state index contributed by atoms with van der Waals surface area (Å²) in [7, 11) is 0. The summed E-state index contributed by atoms with van der Waals surface area (Å²) in [6.07, 6.45) is 6.78. The van der Waals surface area contributed by atoms with Crippen LogP contribution in [0.5, 0.6) is 5.75 Å². The third kappa shape index (κ3) is 9.19. The van der Waals surface area contributed by atoms with Gasteiger partial charge in [-0.15, -0.1) is 12.4 Å². The lowest BCUT2D eigenvalue weighted by atomic mass is 10.1. The van der Waals surface area contributed by atoms with E-state index in [1.54, 1.807) is 18.2 Å². The lowest BCUT2D eigenvalue weighted by Gasteiger charge is -2.30. The number of anilines is 5. The van der Waals surface area contributed by atoms with Gasteiger partial charge in [-0.1, -0.05) is 11.6 Å². The average Bonchev–Trinajstić information content (AvgIpc) is 2.94. The number of phenols is 1. The molecule has 2 fully saturated rings. The molecule has 2 aromatic carbocycles. The number of halogens is 4. The summed E-state index contributed by atoms with van der Waals surface area (Å²) in [5.74, 6) is -2.97. The van der Waals surface area contributed by atoms with E-state index >= 15 is 0 Å². The number of piperidine rings is 2. The quantitative estimate of drug-likeness (QED) is 0.136. The molecule has 0 radical (unpaired) electrons. The van der Waals surface area contributed by atoms with Crippen molar-refractivity contribution < 1.29 is 24.4 Å². The number of carbonyl (C=O) groups excluding carboxylic acids is 1. The Morgan fingerprint density at radius 1 is 0.837 bits per heavy atom. The molecule has 3 heterocycles. The van der Waals surface area contributed by atoms with Crippen molar-refractivity contribution in [1.82, 2.24) is 39.6 Å². The molecule has 3 aromatic rings. The van der Waals surface area contributed by atoms with Crippen LogP contribution in [0.2, 0.25) is 5.02 Å². The molecule has 0 saturated carbocycles. The maximum absolute atomic E-state index is 13.7. The summed E-state index contributed by atoms with van der Waals surface area (Å²) >= 11 is 6.41. The number of nitrogens with zero attached hydrogens (tertiary/aromatic N) is 5. The van der Waals surface area contributed by atoms with E-state index in [-0.39, 0.29) is 53.4 Å². The van der Waals surface area contributed by atoms with Crippen molar-refractivity contribution in [3.63, 3.8) is 0 Å². The molecule has 0 atom stereocenters. The zero-order valence-corrected chi connectivity index (χ0v) is 25.5.